The van der Waals surface area contributed by atoms with Crippen LogP contribution in [0.15, 0.2) is 28.8 Å². The first-order valence-electron chi connectivity index (χ1n) is 4.83. The second-order valence-corrected chi connectivity index (χ2v) is 3.47. The third kappa shape index (κ3) is 2.25. The lowest BCUT2D eigenvalue weighted by Crippen LogP contribution is -2.12. The summed E-state index contributed by atoms with van der Waals surface area (Å²) < 4.78 is 4.79. The predicted molar refractivity (Wildman–Crippen MR) is 58.2 cm³/mol. The average molecular weight is 217 g/mol. The minimum atomic E-state index is -0.257. The summed E-state index contributed by atoms with van der Waals surface area (Å²) in [6.45, 7) is 3.61. The van der Waals surface area contributed by atoms with Crippen LogP contribution in [-0.4, -0.2) is 16.0 Å². The zero-order valence-electron chi connectivity index (χ0n) is 9.02. The molecule has 5 nitrogen and oxygen atoms in total. The Bertz CT molecular complexity index is 519. The Morgan fingerprint density at radius 2 is 2.19 bits per heavy atom. The van der Waals surface area contributed by atoms with E-state index in [-0.39, 0.29) is 11.9 Å². The zero-order valence-corrected chi connectivity index (χ0v) is 9.02. The first-order chi connectivity index (χ1) is 7.65. The number of aryl methyl sites for hydroxylation is 2. The van der Waals surface area contributed by atoms with Crippen LogP contribution in [0.2, 0.25) is 0 Å². The standard InChI is InChI=1S/C11H11N3O2/c1-7-4-3-5-9(6-7)10(15)13-11-12-8(2)14-16-11/h3-6H,1-2H3,(H,12,13,14,15). The molecule has 0 radical (unpaired) electrons. The van der Waals surface area contributed by atoms with Crippen LogP contribution in [0.5, 0.6) is 0 Å². The maximum atomic E-state index is 11.7. The summed E-state index contributed by atoms with van der Waals surface area (Å²) in [5, 5.41) is 6.11. The van der Waals surface area contributed by atoms with E-state index in [4.69, 9.17) is 4.52 Å². The number of benzene rings is 1. The van der Waals surface area contributed by atoms with Gasteiger partial charge in [-0.15, -0.1) is 0 Å². The molecule has 0 bridgehead atoms. The highest BCUT2D eigenvalue weighted by Gasteiger charge is 2.09. The molecule has 1 aromatic heterocycles. The van der Waals surface area contributed by atoms with Gasteiger partial charge in [0.05, 0.1) is 0 Å². The van der Waals surface area contributed by atoms with Gasteiger partial charge >= 0.3 is 6.01 Å². The number of nitrogens with one attached hydrogen (secondary N) is 1. The highest BCUT2D eigenvalue weighted by Crippen LogP contribution is 2.08. The molecule has 1 heterocycles. The molecule has 0 atom stereocenters. The quantitative estimate of drug-likeness (QED) is 0.834. The van der Waals surface area contributed by atoms with Gasteiger partial charge in [-0.2, -0.15) is 4.98 Å². The van der Waals surface area contributed by atoms with E-state index in [0.29, 0.717) is 11.4 Å². The third-order valence-corrected chi connectivity index (χ3v) is 2.03. The molecule has 1 aromatic carbocycles. The summed E-state index contributed by atoms with van der Waals surface area (Å²) in [6, 6.07) is 7.38. The summed E-state index contributed by atoms with van der Waals surface area (Å²) in [6.07, 6.45) is 0. The van der Waals surface area contributed by atoms with E-state index in [9.17, 15) is 4.79 Å². The molecule has 0 saturated heterocycles. The van der Waals surface area contributed by atoms with Crippen molar-refractivity contribution in [3.63, 3.8) is 0 Å². The molecule has 0 aliphatic carbocycles. The van der Waals surface area contributed by atoms with Crippen molar-refractivity contribution in [2.45, 2.75) is 13.8 Å². The Morgan fingerprint density at radius 1 is 1.38 bits per heavy atom. The number of rotatable bonds is 2. The van der Waals surface area contributed by atoms with Crippen LogP contribution in [0.25, 0.3) is 0 Å². The molecule has 0 unspecified atom stereocenters. The first-order valence-corrected chi connectivity index (χ1v) is 4.83. The van der Waals surface area contributed by atoms with Gasteiger partial charge in [0.1, 0.15) is 0 Å². The summed E-state index contributed by atoms with van der Waals surface area (Å²) in [5.74, 6) is 0.229. The summed E-state index contributed by atoms with van der Waals surface area (Å²) in [4.78, 5) is 15.6. The number of hydrogen-bond donors (Lipinski definition) is 1. The molecule has 16 heavy (non-hydrogen) atoms. The molecule has 1 N–H and O–H groups in total. The molecule has 0 saturated carbocycles. The normalized spacial score (nSPS) is 10.1. The molecule has 2 aromatic rings. The van der Waals surface area contributed by atoms with Gasteiger partial charge in [0.15, 0.2) is 5.82 Å². The Kier molecular flexibility index (Phi) is 2.68. The largest absolute Gasteiger partial charge is 0.328 e. The van der Waals surface area contributed by atoms with Crippen molar-refractivity contribution >= 4 is 11.9 Å². The van der Waals surface area contributed by atoms with Gasteiger partial charge in [0.25, 0.3) is 5.91 Å². The second kappa shape index (κ2) is 4.14. The van der Waals surface area contributed by atoms with Gasteiger partial charge in [0.2, 0.25) is 0 Å². The van der Waals surface area contributed by atoms with Crippen molar-refractivity contribution in [3.8, 4) is 0 Å². The van der Waals surface area contributed by atoms with Crippen LogP contribution in [0, 0.1) is 13.8 Å². The fourth-order valence-corrected chi connectivity index (χ4v) is 1.30. The molecular weight excluding hydrogens is 206 g/mol. The van der Waals surface area contributed by atoms with E-state index in [2.05, 4.69) is 15.5 Å². The second-order valence-electron chi connectivity index (χ2n) is 3.47. The van der Waals surface area contributed by atoms with Crippen LogP contribution >= 0.6 is 0 Å². The first kappa shape index (κ1) is 10.4. The molecule has 82 valence electrons. The van der Waals surface area contributed by atoms with E-state index < -0.39 is 0 Å². The third-order valence-electron chi connectivity index (χ3n) is 2.03. The maximum Gasteiger partial charge on any atom is 0.328 e. The Labute approximate surface area is 92.5 Å². The van der Waals surface area contributed by atoms with Gasteiger partial charge < -0.3 is 4.52 Å². The van der Waals surface area contributed by atoms with E-state index in [1.807, 2.05) is 19.1 Å². The number of aromatic nitrogens is 2. The monoisotopic (exact) mass is 217 g/mol. The van der Waals surface area contributed by atoms with Crippen molar-refractivity contribution < 1.29 is 9.32 Å². The van der Waals surface area contributed by atoms with Gasteiger partial charge in [-0.05, 0) is 26.0 Å². The molecule has 5 heteroatoms. The number of amides is 1. The van der Waals surface area contributed by atoms with Gasteiger partial charge in [-0.3, -0.25) is 10.1 Å². The number of carbonyl (C=O) groups is 1. The van der Waals surface area contributed by atoms with Gasteiger partial charge in [-0.1, -0.05) is 22.9 Å². The smallest absolute Gasteiger partial charge is 0.315 e. The SMILES string of the molecule is Cc1cccc(C(=O)Nc2nc(C)no2)c1. The van der Waals surface area contributed by atoms with E-state index >= 15 is 0 Å². The Hall–Kier alpha value is -2.17. The molecule has 2 rings (SSSR count). The summed E-state index contributed by atoms with van der Waals surface area (Å²) >= 11 is 0. The number of carbonyl (C=O) groups excluding carboxylic acids is 1. The Morgan fingerprint density at radius 3 is 2.81 bits per heavy atom. The highest BCUT2D eigenvalue weighted by atomic mass is 16.5. The lowest BCUT2D eigenvalue weighted by Gasteiger charge is -2.00. The lowest BCUT2D eigenvalue weighted by atomic mass is 10.1. The Balaban J connectivity index is 2.14. The van der Waals surface area contributed by atoms with E-state index in [1.54, 1.807) is 19.1 Å². The van der Waals surface area contributed by atoms with Crippen molar-refractivity contribution in [1.82, 2.24) is 10.1 Å². The molecule has 0 fully saturated rings. The maximum absolute atomic E-state index is 11.7. The predicted octanol–water partition coefficient (Wildman–Crippen LogP) is 1.94. The van der Waals surface area contributed by atoms with Crippen molar-refractivity contribution in [2.24, 2.45) is 0 Å². The topological polar surface area (TPSA) is 68.0 Å². The van der Waals surface area contributed by atoms with Crippen molar-refractivity contribution in [2.75, 3.05) is 5.32 Å². The molecular formula is C11H11N3O2. The minimum absolute atomic E-state index is 0.115. The van der Waals surface area contributed by atoms with Gasteiger partial charge in [-0.25, -0.2) is 0 Å². The van der Waals surface area contributed by atoms with Crippen LogP contribution < -0.4 is 5.32 Å². The molecule has 1 amide bonds. The van der Waals surface area contributed by atoms with E-state index in [0.717, 1.165) is 5.56 Å². The highest BCUT2D eigenvalue weighted by molar-refractivity contribution is 6.03. The fraction of sp³-hybridized carbons (Fsp3) is 0.182. The zero-order chi connectivity index (χ0) is 11.5. The fourth-order valence-electron chi connectivity index (χ4n) is 1.30. The average Bonchev–Trinajstić information content (AvgIpc) is 2.64. The van der Waals surface area contributed by atoms with Crippen LogP contribution in [-0.2, 0) is 0 Å². The molecule has 0 spiro atoms. The molecule has 0 aliphatic rings. The van der Waals surface area contributed by atoms with Crippen LogP contribution in [0.4, 0.5) is 6.01 Å². The van der Waals surface area contributed by atoms with Gasteiger partial charge in [0, 0.05) is 5.56 Å². The summed E-state index contributed by atoms with van der Waals surface area (Å²) in [7, 11) is 0. The summed E-state index contributed by atoms with van der Waals surface area (Å²) in [5.41, 5.74) is 1.59. The van der Waals surface area contributed by atoms with Crippen LogP contribution in [0.1, 0.15) is 21.7 Å². The van der Waals surface area contributed by atoms with Crippen molar-refractivity contribution in [3.05, 3.63) is 41.2 Å². The van der Waals surface area contributed by atoms with Crippen LogP contribution in [0.3, 0.4) is 0 Å². The van der Waals surface area contributed by atoms with Crippen molar-refractivity contribution in [1.29, 1.82) is 0 Å². The molecule has 0 aliphatic heterocycles. The van der Waals surface area contributed by atoms with E-state index in [1.165, 1.54) is 0 Å². The lowest BCUT2D eigenvalue weighted by molar-refractivity contribution is 0.102. The number of hydrogen-bond acceptors (Lipinski definition) is 4. The number of nitrogens with zero attached hydrogens (tertiary/aromatic N) is 2. The minimum Gasteiger partial charge on any atom is -0.315 e. The number of anilines is 1.